The SMILES string of the molecule is N#Cc1ccc(Cl)cc1N(Cc1ccccc1)C(=O)c1ccoc1. The molecule has 0 spiro atoms. The molecule has 0 aliphatic rings. The number of rotatable bonds is 4. The number of anilines is 1. The van der Waals surface area contributed by atoms with Gasteiger partial charge in [0.05, 0.1) is 29.6 Å². The molecule has 0 aliphatic heterocycles. The van der Waals surface area contributed by atoms with Gasteiger partial charge in [0.2, 0.25) is 0 Å². The van der Waals surface area contributed by atoms with Crippen LogP contribution in [-0.4, -0.2) is 5.91 Å². The van der Waals surface area contributed by atoms with E-state index in [-0.39, 0.29) is 5.91 Å². The van der Waals surface area contributed by atoms with Gasteiger partial charge in [-0.2, -0.15) is 5.26 Å². The largest absolute Gasteiger partial charge is 0.472 e. The minimum atomic E-state index is -0.258. The quantitative estimate of drug-likeness (QED) is 0.696. The Morgan fingerprint density at radius 3 is 2.62 bits per heavy atom. The van der Waals surface area contributed by atoms with E-state index in [1.54, 1.807) is 24.3 Å². The highest BCUT2D eigenvalue weighted by Gasteiger charge is 2.22. The third-order valence-electron chi connectivity index (χ3n) is 3.57. The summed E-state index contributed by atoms with van der Waals surface area (Å²) >= 11 is 6.08. The number of furan rings is 1. The van der Waals surface area contributed by atoms with E-state index >= 15 is 0 Å². The van der Waals surface area contributed by atoms with Crippen molar-refractivity contribution >= 4 is 23.2 Å². The number of halogens is 1. The number of amides is 1. The number of nitriles is 1. The molecule has 0 N–H and O–H groups in total. The van der Waals surface area contributed by atoms with Gasteiger partial charge in [-0.3, -0.25) is 4.79 Å². The van der Waals surface area contributed by atoms with Crippen molar-refractivity contribution in [2.24, 2.45) is 0 Å². The summed E-state index contributed by atoms with van der Waals surface area (Å²) < 4.78 is 5.01. The van der Waals surface area contributed by atoms with Gasteiger partial charge in [-0.15, -0.1) is 0 Å². The summed E-state index contributed by atoms with van der Waals surface area (Å²) in [5, 5.41) is 9.85. The average molecular weight is 337 g/mol. The standard InChI is InChI=1S/C19H13ClN2O2/c20-17-7-6-15(11-21)18(10-17)22(12-14-4-2-1-3-5-14)19(23)16-8-9-24-13-16/h1-10,13H,12H2. The molecule has 0 atom stereocenters. The van der Waals surface area contributed by atoms with Gasteiger partial charge in [-0.1, -0.05) is 41.9 Å². The first-order valence-electron chi connectivity index (χ1n) is 7.26. The van der Waals surface area contributed by atoms with E-state index in [1.807, 2.05) is 30.3 Å². The van der Waals surface area contributed by atoms with Crippen molar-refractivity contribution in [3.8, 4) is 6.07 Å². The fourth-order valence-electron chi connectivity index (χ4n) is 2.40. The van der Waals surface area contributed by atoms with Crippen LogP contribution < -0.4 is 4.90 Å². The molecule has 24 heavy (non-hydrogen) atoms. The van der Waals surface area contributed by atoms with E-state index in [1.165, 1.54) is 17.4 Å². The van der Waals surface area contributed by atoms with Gasteiger partial charge in [0, 0.05) is 5.02 Å². The average Bonchev–Trinajstić information content (AvgIpc) is 3.14. The van der Waals surface area contributed by atoms with Crippen LogP contribution in [0.1, 0.15) is 21.5 Å². The van der Waals surface area contributed by atoms with Gasteiger partial charge in [-0.25, -0.2) is 0 Å². The normalized spacial score (nSPS) is 10.2. The van der Waals surface area contributed by atoms with Crippen LogP contribution in [0, 0.1) is 11.3 Å². The molecule has 0 saturated heterocycles. The zero-order valence-electron chi connectivity index (χ0n) is 12.6. The van der Waals surface area contributed by atoms with Crippen molar-refractivity contribution in [2.45, 2.75) is 6.54 Å². The molecule has 118 valence electrons. The Morgan fingerprint density at radius 2 is 1.96 bits per heavy atom. The zero-order chi connectivity index (χ0) is 16.9. The molecule has 0 radical (unpaired) electrons. The Labute approximate surface area is 144 Å². The zero-order valence-corrected chi connectivity index (χ0v) is 13.4. The number of hydrogen-bond donors (Lipinski definition) is 0. The van der Waals surface area contributed by atoms with Crippen molar-refractivity contribution in [3.05, 3.63) is 88.8 Å². The van der Waals surface area contributed by atoms with Crippen LogP contribution in [0.15, 0.2) is 71.5 Å². The minimum Gasteiger partial charge on any atom is -0.472 e. The number of nitrogens with zero attached hydrogens (tertiary/aromatic N) is 2. The molecule has 3 aromatic rings. The lowest BCUT2D eigenvalue weighted by Crippen LogP contribution is -2.30. The summed E-state index contributed by atoms with van der Waals surface area (Å²) in [7, 11) is 0. The molecule has 1 amide bonds. The van der Waals surface area contributed by atoms with E-state index in [2.05, 4.69) is 6.07 Å². The van der Waals surface area contributed by atoms with Crippen molar-refractivity contribution in [1.82, 2.24) is 0 Å². The maximum Gasteiger partial charge on any atom is 0.261 e. The van der Waals surface area contributed by atoms with E-state index < -0.39 is 0 Å². The topological polar surface area (TPSA) is 57.2 Å². The highest BCUT2D eigenvalue weighted by Crippen LogP contribution is 2.27. The molecule has 1 heterocycles. The monoisotopic (exact) mass is 336 g/mol. The second-order valence-corrected chi connectivity index (χ2v) is 5.60. The maximum atomic E-state index is 12.9. The lowest BCUT2D eigenvalue weighted by molar-refractivity contribution is 0.0984. The van der Waals surface area contributed by atoms with Gasteiger partial charge in [-0.05, 0) is 29.8 Å². The van der Waals surface area contributed by atoms with Gasteiger partial charge in [0.1, 0.15) is 12.3 Å². The highest BCUT2D eigenvalue weighted by atomic mass is 35.5. The smallest absolute Gasteiger partial charge is 0.261 e. The minimum absolute atomic E-state index is 0.258. The molecule has 0 saturated carbocycles. The molecular weight excluding hydrogens is 324 g/mol. The Morgan fingerprint density at radius 1 is 1.17 bits per heavy atom. The number of benzene rings is 2. The number of carbonyl (C=O) groups excluding carboxylic acids is 1. The highest BCUT2D eigenvalue weighted by molar-refractivity contribution is 6.31. The van der Waals surface area contributed by atoms with Gasteiger partial charge < -0.3 is 9.32 Å². The van der Waals surface area contributed by atoms with Crippen LogP contribution in [0.25, 0.3) is 0 Å². The second-order valence-electron chi connectivity index (χ2n) is 5.16. The summed E-state index contributed by atoms with van der Waals surface area (Å²) in [6.45, 7) is 0.319. The molecule has 3 rings (SSSR count). The van der Waals surface area contributed by atoms with E-state index in [0.717, 1.165) is 5.56 Å². The van der Waals surface area contributed by atoms with Crippen LogP contribution in [0.3, 0.4) is 0 Å². The van der Waals surface area contributed by atoms with Gasteiger partial charge >= 0.3 is 0 Å². The summed E-state index contributed by atoms with van der Waals surface area (Å²) in [5.41, 5.74) is 2.21. The third kappa shape index (κ3) is 3.32. The van der Waals surface area contributed by atoms with Crippen LogP contribution >= 0.6 is 11.6 Å². The van der Waals surface area contributed by atoms with Gasteiger partial charge in [0.25, 0.3) is 5.91 Å². The maximum absolute atomic E-state index is 12.9. The number of hydrogen-bond acceptors (Lipinski definition) is 3. The first-order valence-corrected chi connectivity index (χ1v) is 7.64. The second kappa shape index (κ2) is 7.03. The number of carbonyl (C=O) groups is 1. The molecule has 4 nitrogen and oxygen atoms in total. The van der Waals surface area contributed by atoms with Crippen LogP contribution in [-0.2, 0) is 6.54 Å². The van der Waals surface area contributed by atoms with E-state index in [0.29, 0.717) is 28.4 Å². The van der Waals surface area contributed by atoms with Crippen LogP contribution in [0.2, 0.25) is 5.02 Å². The predicted molar refractivity (Wildman–Crippen MR) is 91.8 cm³/mol. The van der Waals surface area contributed by atoms with Crippen molar-refractivity contribution in [2.75, 3.05) is 4.90 Å². The summed E-state index contributed by atoms with van der Waals surface area (Å²) in [5.74, 6) is -0.258. The lowest BCUT2D eigenvalue weighted by atomic mass is 10.1. The van der Waals surface area contributed by atoms with Crippen LogP contribution in [0.4, 0.5) is 5.69 Å². The molecule has 0 unspecified atom stereocenters. The van der Waals surface area contributed by atoms with Crippen molar-refractivity contribution < 1.29 is 9.21 Å². The Balaban J connectivity index is 2.07. The lowest BCUT2D eigenvalue weighted by Gasteiger charge is -2.23. The summed E-state index contributed by atoms with van der Waals surface area (Å²) in [4.78, 5) is 14.4. The van der Waals surface area contributed by atoms with Gasteiger partial charge in [0.15, 0.2) is 0 Å². The van der Waals surface area contributed by atoms with Crippen LogP contribution in [0.5, 0.6) is 0 Å². The van der Waals surface area contributed by atoms with E-state index in [4.69, 9.17) is 16.0 Å². The Bertz CT molecular complexity index is 883. The predicted octanol–water partition coefficient (Wildman–Crippen LogP) is 4.65. The first kappa shape index (κ1) is 15.9. The van der Waals surface area contributed by atoms with E-state index in [9.17, 15) is 10.1 Å². The molecule has 0 aliphatic carbocycles. The molecular formula is C19H13ClN2O2. The first-order chi connectivity index (χ1) is 11.7. The summed E-state index contributed by atoms with van der Waals surface area (Å²) in [6.07, 6.45) is 2.83. The molecule has 5 heteroatoms. The summed E-state index contributed by atoms with van der Waals surface area (Å²) in [6, 6.07) is 18.1. The fourth-order valence-corrected chi connectivity index (χ4v) is 2.56. The Hall–Kier alpha value is -3.03. The molecule has 2 aromatic carbocycles. The Kier molecular flexibility index (Phi) is 4.64. The van der Waals surface area contributed by atoms with Crippen molar-refractivity contribution in [3.63, 3.8) is 0 Å². The molecule has 0 bridgehead atoms. The molecule has 0 fully saturated rings. The fraction of sp³-hybridized carbons (Fsp3) is 0.0526. The van der Waals surface area contributed by atoms with Crippen molar-refractivity contribution in [1.29, 1.82) is 5.26 Å². The third-order valence-corrected chi connectivity index (χ3v) is 3.80. The molecule has 1 aromatic heterocycles.